The largest absolute Gasteiger partial charge is 0.388 e. The van der Waals surface area contributed by atoms with Gasteiger partial charge in [-0.3, -0.25) is 13.9 Å². The molecule has 0 amide bonds. The van der Waals surface area contributed by atoms with E-state index in [-0.39, 0.29) is 23.4 Å². The molecule has 0 radical (unpaired) electrons. The van der Waals surface area contributed by atoms with Gasteiger partial charge in [0.15, 0.2) is 5.82 Å². The Kier molecular flexibility index (Phi) is 5.59. The number of allylic oxidation sites excluding steroid dienone is 1. The maximum Gasteiger partial charge on any atom is 0.350 e. The van der Waals surface area contributed by atoms with E-state index < -0.39 is 29.5 Å². The monoisotopic (exact) mass is 452 g/mol. The van der Waals surface area contributed by atoms with Crippen molar-refractivity contribution in [1.82, 2.24) is 18.9 Å². The standard InChI is InChI=1S/C24H22F2N4O3/c1-5-28-22(12-31)27-30(24(28)33)21-10-16-17(9-20(21)26)23(32)29(11-18(16)13(2)3)15-6-7-19(25)14(4)8-15/h6-11,31H,2,5,12H2,1,3-4H3. The molecular formula is C24H22F2N4O3. The van der Waals surface area contributed by atoms with Gasteiger partial charge in [0.05, 0.1) is 5.39 Å². The molecule has 2 heterocycles. The minimum absolute atomic E-state index is 0.0732. The molecule has 0 aliphatic rings. The van der Waals surface area contributed by atoms with Crippen molar-refractivity contribution in [2.45, 2.75) is 33.9 Å². The molecule has 0 aliphatic carbocycles. The van der Waals surface area contributed by atoms with Gasteiger partial charge in [-0.1, -0.05) is 6.58 Å². The Balaban J connectivity index is 2.04. The number of rotatable bonds is 5. The lowest BCUT2D eigenvalue weighted by molar-refractivity contribution is 0.264. The molecule has 2 aromatic carbocycles. The predicted octanol–water partition coefficient (Wildman–Crippen LogP) is 3.47. The summed E-state index contributed by atoms with van der Waals surface area (Å²) in [4.78, 5) is 26.0. The average Bonchev–Trinajstić information content (AvgIpc) is 3.11. The van der Waals surface area contributed by atoms with Crippen molar-refractivity contribution in [3.05, 3.63) is 92.5 Å². The molecule has 0 aliphatic heterocycles. The van der Waals surface area contributed by atoms with E-state index in [9.17, 15) is 19.1 Å². The Labute approximate surface area is 187 Å². The van der Waals surface area contributed by atoms with Gasteiger partial charge in [-0.05, 0) is 67.6 Å². The summed E-state index contributed by atoms with van der Waals surface area (Å²) >= 11 is 0. The lowest BCUT2D eigenvalue weighted by Crippen LogP contribution is -2.25. The summed E-state index contributed by atoms with van der Waals surface area (Å²) in [6.07, 6.45) is 1.56. The highest BCUT2D eigenvalue weighted by atomic mass is 19.1. The van der Waals surface area contributed by atoms with Gasteiger partial charge < -0.3 is 5.11 Å². The number of fused-ring (bicyclic) bond motifs is 1. The molecule has 0 saturated carbocycles. The molecule has 0 saturated heterocycles. The third kappa shape index (κ3) is 3.60. The maximum atomic E-state index is 15.2. The highest BCUT2D eigenvalue weighted by Gasteiger charge is 2.20. The third-order valence-corrected chi connectivity index (χ3v) is 5.59. The van der Waals surface area contributed by atoms with Crippen LogP contribution in [0.2, 0.25) is 0 Å². The van der Waals surface area contributed by atoms with Crippen LogP contribution >= 0.6 is 0 Å². The minimum atomic E-state index is -0.826. The number of nitrogens with zero attached hydrogens (tertiary/aromatic N) is 4. The van der Waals surface area contributed by atoms with Crippen LogP contribution in [0.3, 0.4) is 0 Å². The molecule has 2 aromatic heterocycles. The molecule has 0 bridgehead atoms. The van der Waals surface area contributed by atoms with E-state index in [1.54, 1.807) is 27.0 Å². The first-order chi connectivity index (χ1) is 15.7. The Bertz CT molecular complexity index is 1550. The zero-order valence-corrected chi connectivity index (χ0v) is 18.4. The lowest BCUT2D eigenvalue weighted by Gasteiger charge is -2.14. The van der Waals surface area contributed by atoms with Crippen molar-refractivity contribution < 1.29 is 13.9 Å². The summed E-state index contributed by atoms with van der Waals surface area (Å²) in [6.45, 7) is 8.78. The van der Waals surface area contributed by atoms with E-state index in [0.29, 0.717) is 27.8 Å². The number of aryl methyl sites for hydroxylation is 1. The second-order valence-corrected chi connectivity index (χ2v) is 7.79. The molecule has 0 atom stereocenters. The Morgan fingerprint density at radius 3 is 2.42 bits per heavy atom. The number of benzene rings is 2. The summed E-state index contributed by atoms with van der Waals surface area (Å²) in [6, 6.07) is 6.70. The van der Waals surface area contributed by atoms with Crippen LogP contribution in [0, 0.1) is 18.6 Å². The summed E-state index contributed by atoms with van der Waals surface area (Å²) in [5, 5.41) is 14.0. The van der Waals surface area contributed by atoms with Crippen LogP contribution in [0.5, 0.6) is 0 Å². The number of hydrogen-bond acceptors (Lipinski definition) is 4. The molecule has 9 heteroatoms. The van der Waals surface area contributed by atoms with Crippen LogP contribution in [-0.2, 0) is 13.2 Å². The molecular weight excluding hydrogens is 430 g/mol. The van der Waals surface area contributed by atoms with E-state index in [2.05, 4.69) is 11.7 Å². The fourth-order valence-electron chi connectivity index (χ4n) is 3.85. The quantitative estimate of drug-likeness (QED) is 0.503. The number of aromatic nitrogens is 4. The first kappa shape index (κ1) is 22.3. The fourth-order valence-corrected chi connectivity index (χ4v) is 3.85. The Hall–Kier alpha value is -3.85. The van der Waals surface area contributed by atoms with Crippen LogP contribution in [0.25, 0.3) is 27.7 Å². The van der Waals surface area contributed by atoms with Crippen LogP contribution in [-0.4, -0.2) is 24.0 Å². The summed E-state index contributed by atoms with van der Waals surface area (Å²) in [5.41, 5.74) is 0.694. The summed E-state index contributed by atoms with van der Waals surface area (Å²) < 4.78 is 32.4. The van der Waals surface area contributed by atoms with Gasteiger partial charge in [-0.25, -0.2) is 13.6 Å². The van der Waals surface area contributed by atoms with Crippen LogP contribution < -0.4 is 11.2 Å². The molecule has 1 N–H and O–H groups in total. The first-order valence-electron chi connectivity index (χ1n) is 10.3. The van der Waals surface area contributed by atoms with E-state index in [0.717, 1.165) is 10.7 Å². The highest BCUT2D eigenvalue weighted by Crippen LogP contribution is 2.27. The number of halogens is 2. The van der Waals surface area contributed by atoms with Gasteiger partial charge in [-0.15, -0.1) is 5.10 Å². The zero-order valence-electron chi connectivity index (χ0n) is 18.4. The highest BCUT2D eigenvalue weighted by molar-refractivity contribution is 5.94. The number of hydrogen-bond donors (Lipinski definition) is 1. The van der Waals surface area contributed by atoms with E-state index in [1.165, 1.54) is 33.4 Å². The molecule has 33 heavy (non-hydrogen) atoms. The zero-order chi connectivity index (χ0) is 24.0. The molecule has 170 valence electrons. The number of aliphatic hydroxyl groups excluding tert-OH is 1. The number of pyridine rings is 1. The SMILES string of the molecule is C=C(C)c1cn(-c2ccc(F)c(C)c2)c(=O)c2cc(F)c(-n3nc(CO)n(CC)c3=O)cc12. The Morgan fingerprint density at radius 1 is 1.12 bits per heavy atom. The third-order valence-electron chi connectivity index (χ3n) is 5.59. The van der Waals surface area contributed by atoms with Crippen molar-refractivity contribution >= 4 is 16.3 Å². The molecule has 0 unspecified atom stereocenters. The van der Waals surface area contributed by atoms with Gasteiger partial charge in [0.2, 0.25) is 0 Å². The molecule has 4 aromatic rings. The van der Waals surface area contributed by atoms with E-state index in [4.69, 9.17) is 0 Å². The Morgan fingerprint density at radius 2 is 1.85 bits per heavy atom. The van der Waals surface area contributed by atoms with Gasteiger partial charge in [0, 0.05) is 24.0 Å². The van der Waals surface area contributed by atoms with Gasteiger partial charge in [-0.2, -0.15) is 4.68 Å². The summed E-state index contributed by atoms with van der Waals surface area (Å²) in [5.74, 6) is -1.13. The second-order valence-electron chi connectivity index (χ2n) is 7.79. The smallest absolute Gasteiger partial charge is 0.350 e. The lowest BCUT2D eigenvalue weighted by atomic mass is 10.0. The van der Waals surface area contributed by atoms with Crippen LogP contribution in [0.1, 0.15) is 30.8 Å². The van der Waals surface area contributed by atoms with Crippen LogP contribution in [0.15, 0.2) is 52.7 Å². The minimum Gasteiger partial charge on any atom is -0.388 e. The van der Waals surface area contributed by atoms with Gasteiger partial charge in [0.25, 0.3) is 5.56 Å². The molecule has 4 rings (SSSR count). The van der Waals surface area contributed by atoms with Crippen molar-refractivity contribution in [3.63, 3.8) is 0 Å². The van der Waals surface area contributed by atoms with Gasteiger partial charge >= 0.3 is 5.69 Å². The predicted molar refractivity (Wildman–Crippen MR) is 122 cm³/mol. The topological polar surface area (TPSA) is 82.0 Å². The van der Waals surface area contributed by atoms with Crippen LogP contribution in [0.4, 0.5) is 8.78 Å². The van der Waals surface area contributed by atoms with Crippen molar-refractivity contribution in [2.24, 2.45) is 0 Å². The van der Waals surface area contributed by atoms with E-state index >= 15 is 4.39 Å². The second kappa shape index (κ2) is 8.25. The molecule has 0 spiro atoms. The van der Waals surface area contributed by atoms with Crippen molar-refractivity contribution in [3.8, 4) is 11.4 Å². The summed E-state index contributed by atoms with van der Waals surface area (Å²) in [7, 11) is 0. The molecule has 7 nitrogen and oxygen atoms in total. The number of aliphatic hydroxyl groups is 1. The van der Waals surface area contributed by atoms with Gasteiger partial charge in [0.1, 0.15) is 23.9 Å². The average molecular weight is 452 g/mol. The molecule has 0 fully saturated rings. The fraction of sp³-hybridized carbons (Fsp3) is 0.208. The normalized spacial score (nSPS) is 11.3. The maximum absolute atomic E-state index is 15.2. The van der Waals surface area contributed by atoms with Crippen molar-refractivity contribution in [1.29, 1.82) is 0 Å². The van der Waals surface area contributed by atoms with E-state index in [1.807, 2.05) is 0 Å². The van der Waals surface area contributed by atoms with Crippen molar-refractivity contribution in [2.75, 3.05) is 0 Å². The first-order valence-corrected chi connectivity index (χ1v) is 10.3.